The van der Waals surface area contributed by atoms with Gasteiger partial charge in [-0.2, -0.15) is 0 Å². The number of carbonyl (C=O) groups excluding carboxylic acids is 2. The van der Waals surface area contributed by atoms with E-state index in [4.69, 9.17) is 9.47 Å². The molecule has 0 aliphatic heterocycles. The van der Waals surface area contributed by atoms with Crippen LogP contribution in [0.4, 0.5) is 0 Å². The Bertz CT molecular complexity index is 1270. The molecule has 0 bridgehead atoms. The summed E-state index contributed by atoms with van der Waals surface area (Å²) in [6, 6.07) is 15.7. The van der Waals surface area contributed by atoms with Gasteiger partial charge in [0.15, 0.2) is 0 Å². The fourth-order valence-corrected chi connectivity index (χ4v) is 2.94. The van der Waals surface area contributed by atoms with Crippen LogP contribution in [0.1, 0.15) is 29.8 Å². The molecule has 0 radical (unpaired) electrons. The normalized spacial score (nSPS) is 12.5. The van der Waals surface area contributed by atoms with E-state index in [0.717, 1.165) is 5.56 Å². The lowest BCUT2D eigenvalue weighted by Crippen LogP contribution is -2.33. The maximum absolute atomic E-state index is 12.8. The standard InChI is InChI=1S/C25H26N2O6/c1-16(2)24(30)32-14-21(28)15-33-25(31)19-9-11-20(12-10-19)27-23(29)22(17(3)26-27)13-18-7-5-4-6-8-18/h4-13,16,21,26,28H,3,14-15H2,1-2H3/b22-13-. The Labute approximate surface area is 190 Å². The Kier molecular flexibility index (Phi) is 7.63. The molecule has 0 amide bonds. The van der Waals surface area contributed by atoms with E-state index in [1.54, 1.807) is 32.1 Å². The van der Waals surface area contributed by atoms with Gasteiger partial charge in [-0.1, -0.05) is 50.8 Å². The minimum Gasteiger partial charge on any atom is -0.463 e. The third kappa shape index (κ3) is 6.08. The third-order valence-electron chi connectivity index (χ3n) is 4.77. The number of H-pyrrole nitrogens is 1. The van der Waals surface area contributed by atoms with Crippen LogP contribution in [0.15, 0.2) is 59.4 Å². The second kappa shape index (κ2) is 10.6. The van der Waals surface area contributed by atoms with E-state index >= 15 is 0 Å². The molecule has 0 aliphatic carbocycles. The molecule has 1 aromatic heterocycles. The molecule has 1 heterocycles. The van der Waals surface area contributed by atoms with Crippen LogP contribution in [0.25, 0.3) is 18.3 Å². The molecule has 0 saturated heterocycles. The van der Waals surface area contributed by atoms with Crippen molar-refractivity contribution in [1.29, 1.82) is 0 Å². The molecule has 2 N–H and O–H groups in total. The number of carbonyl (C=O) groups is 2. The van der Waals surface area contributed by atoms with Gasteiger partial charge in [-0.25, -0.2) is 9.48 Å². The SMILES string of the molecule is C=c1[nH]n(-c2ccc(C(=O)OCC(O)COC(=O)C(C)C)cc2)c(=O)/c1=C\c1ccccc1. The van der Waals surface area contributed by atoms with E-state index in [0.29, 0.717) is 16.3 Å². The minimum absolute atomic E-state index is 0.246. The maximum Gasteiger partial charge on any atom is 0.338 e. The van der Waals surface area contributed by atoms with Gasteiger partial charge < -0.3 is 14.6 Å². The lowest BCUT2D eigenvalue weighted by atomic mass is 10.2. The van der Waals surface area contributed by atoms with Gasteiger partial charge in [-0.05, 0) is 35.9 Å². The van der Waals surface area contributed by atoms with Crippen molar-refractivity contribution in [3.8, 4) is 5.69 Å². The molecule has 1 unspecified atom stereocenters. The molecule has 0 fully saturated rings. The number of nitrogens with zero attached hydrogens (tertiary/aromatic N) is 1. The van der Waals surface area contributed by atoms with Crippen molar-refractivity contribution in [3.63, 3.8) is 0 Å². The van der Waals surface area contributed by atoms with Gasteiger partial charge >= 0.3 is 11.9 Å². The monoisotopic (exact) mass is 450 g/mol. The van der Waals surface area contributed by atoms with E-state index in [1.165, 1.54) is 16.8 Å². The molecule has 3 rings (SSSR count). The zero-order valence-electron chi connectivity index (χ0n) is 18.5. The van der Waals surface area contributed by atoms with E-state index in [9.17, 15) is 19.5 Å². The number of ether oxygens (including phenoxy) is 2. The van der Waals surface area contributed by atoms with Gasteiger partial charge in [0.25, 0.3) is 5.56 Å². The highest BCUT2D eigenvalue weighted by molar-refractivity contribution is 5.89. The van der Waals surface area contributed by atoms with Crippen LogP contribution in [-0.2, 0) is 14.3 Å². The molecule has 3 aromatic rings. The predicted molar refractivity (Wildman–Crippen MR) is 123 cm³/mol. The summed E-state index contributed by atoms with van der Waals surface area (Å²) in [6.07, 6.45) is 0.635. The van der Waals surface area contributed by atoms with Crippen molar-refractivity contribution in [3.05, 3.63) is 86.6 Å². The summed E-state index contributed by atoms with van der Waals surface area (Å²) in [6.45, 7) is 6.70. The number of rotatable bonds is 8. The van der Waals surface area contributed by atoms with E-state index in [2.05, 4.69) is 11.7 Å². The summed E-state index contributed by atoms with van der Waals surface area (Å²) in [7, 11) is 0. The van der Waals surface area contributed by atoms with Gasteiger partial charge in [0, 0.05) is 0 Å². The topological polar surface area (TPSA) is 111 Å². The average Bonchev–Trinajstić information content (AvgIpc) is 3.10. The van der Waals surface area contributed by atoms with E-state index < -0.39 is 18.0 Å². The lowest BCUT2D eigenvalue weighted by Gasteiger charge is -2.13. The number of aromatic nitrogens is 2. The fourth-order valence-electron chi connectivity index (χ4n) is 2.94. The molecule has 2 aromatic carbocycles. The Morgan fingerprint density at radius 2 is 1.70 bits per heavy atom. The van der Waals surface area contributed by atoms with Crippen molar-refractivity contribution in [2.45, 2.75) is 20.0 Å². The number of hydrogen-bond donors (Lipinski definition) is 2. The highest BCUT2D eigenvalue weighted by Gasteiger charge is 2.15. The smallest absolute Gasteiger partial charge is 0.338 e. The first-order chi connectivity index (χ1) is 15.8. The lowest BCUT2D eigenvalue weighted by molar-refractivity contribution is -0.151. The molecule has 33 heavy (non-hydrogen) atoms. The van der Waals surface area contributed by atoms with Crippen molar-refractivity contribution in [1.82, 2.24) is 9.78 Å². The summed E-state index contributed by atoms with van der Waals surface area (Å²) in [5.41, 5.74) is 1.38. The summed E-state index contributed by atoms with van der Waals surface area (Å²) in [4.78, 5) is 36.5. The molecule has 8 heteroatoms. The minimum atomic E-state index is -1.12. The van der Waals surface area contributed by atoms with Crippen LogP contribution >= 0.6 is 0 Å². The largest absolute Gasteiger partial charge is 0.463 e. The molecule has 0 aliphatic rings. The van der Waals surface area contributed by atoms with E-state index in [-0.39, 0.29) is 30.3 Å². The number of aliphatic hydroxyl groups is 1. The van der Waals surface area contributed by atoms with Crippen LogP contribution in [0.2, 0.25) is 0 Å². The highest BCUT2D eigenvalue weighted by atomic mass is 16.6. The number of benzene rings is 2. The quantitative estimate of drug-likeness (QED) is 0.498. The zero-order valence-corrected chi connectivity index (χ0v) is 18.5. The first kappa shape index (κ1) is 23.7. The second-order valence-electron chi connectivity index (χ2n) is 7.78. The molecule has 1 atom stereocenters. The highest BCUT2D eigenvalue weighted by Crippen LogP contribution is 2.08. The van der Waals surface area contributed by atoms with Crippen LogP contribution < -0.4 is 16.1 Å². The molecule has 8 nitrogen and oxygen atoms in total. The second-order valence-corrected chi connectivity index (χ2v) is 7.78. The van der Waals surface area contributed by atoms with Crippen molar-refractivity contribution < 1.29 is 24.2 Å². The van der Waals surface area contributed by atoms with Crippen LogP contribution in [-0.4, -0.2) is 46.1 Å². The van der Waals surface area contributed by atoms with Crippen molar-refractivity contribution in [2.24, 2.45) is 5.92 Å². The summed E-state index contributed by atoms with van der Waals surface area (Å²) >= 11 is 0. The first-order valence-corrected chi connectivity index (χ1v) is 10.4. The fraction of sp³-hybridized carbons (Fsp3) is 0.240. The van der Waals surface area contributed by atoms with Crippen LogP contribution in [0.5, 0.6) is 0 Å². The molecule has 172 valence electrons. The molecule has 0 saturated carbocycles. The van der Waals surface area contributed by atoms with Gasteiger partial charge in [0.1, 0.15) is 19.3 Å². The number of aromatic amines is 1. The first-order valence-electron chi connectivity index (χ1n) is 10.4. The zero-order chi connectivity index (χ0) is 24.0. The Balaban J connectivity index is 1.67. The maximum atomic E-state index is 12.8. The van der Waals surface area contributed by atoms with Gasteiger partial charge in [-0.15, -0.1) is 0 Å². The van der Waals surface area contributed by atoms with Crippen LogP contribution in [0, 0.1) is 5.92 Å². The third-order valence-corrected chi connectivity index (χ3v) is 4.77. The average molecular weight is 450 g/mol. The summed E-state index contributed by atoms with van der Waals surface area (Å²) in [5, 5.41) is 13.7. The molecular formula is C25H26N2O6. The number of nitrogens with one attached hydrogen (secondary N) is 1. The van der Waals surface area contributed by atoms with Crippen molar-refractivity contribution >= 4 is 24.6 Å². The Morgan fingerprint density at radius 1 is 1.06 bits per heavy atom. The number of aliphatic hydroxyl groups excluding tert-OH is 1. The van der Waals surface area contributed by atoms with Gasteiger partial charge in [-0.3, -0.25) is 14.7 Å². The number of esters is 2. The molecule has 0 spiro atoms. The van der Waals surface area contributed by atoms with Gasteiger partial charge in [0.2, 0.25) is 0 Å². The van der Waals surface area contributed by atoms with Crippen molar-refractivity contribution in [2.75, 3.05) is 13.2 Å². The summed E-state index contributed by atoms with van der Waals surface area (Å²) < 4.78 is 11.3. The summed E-state index contributed by atoms with van der Waals surface area (Å²) in [5.74, 6) is -1.40. The Morgan fingerprint density at radius 3 is 2.33 bits per heavy atom. The molecular weight excluding hydrogens is 424 g/mol. The Hall–Kier alpha value is -3.91. The van der Waals surface area contributed by atoms with E-state index in [1.807, 2.05) is 30.3 Å². The number of hydrogen-bond acceptors (Lipinski definition) is 6. The van der Waals surface area contributed by atoms with Gasteiger partial charge in [0.05, 0.1) is 27.7 Å². The van der Waals surface area contributed by atoms with Crippen LogP contribution in [0.3, 0.4) is 0 Å². The predicted octanol–water partition coefficient (Wildman–Crippen LogP) is 1.12.